The molecule has 0 spiro atoms. The van der Waals surface area contributed by atoms with Gasteiger partial charge in [-0.3, -0.25) is 0 Å². The first kappa shape index (κ1) is 13.1. The van der Waals surface area contributed by atoms with E-state index in [2.05, 4.69) is 49.4 Å². The molecule has 2 aliphatic carbocycles. The zero-order valence-corrected chi connectivity index (χ0v) is 11.5. The highest BCUT2D eigenvalue weighted by atomic mass is 14.1. The maximum Gasteiger partial charge on any atom is -0.0228 e. The molecular formula is C18H24. The largest absolute Gasteiger partial charge is 0.0856 e. The van der Waals surface area contributed by atoms with Crippen LogP contribution in [0.3, 0.4) is 0 Å². The minimum atomic E-state index is 1.27. The Morgan fingerprint density at radius 2 is 1.56 bits per heavy atom. The summed E-state index contributed by atoms with van der Waals surface area (Å²) in [5, 5.41) is 0. The number of rotatable bonds is 1. The van der Waals surface area contributed by atoms with Crippen molar-refractivity contribution < 1.29 is 0 Å². The Hall–Kier alpha value is -1.30. The maximum absolute atomic E-state index is 2.39. The van der Waals surface area contributed by atoms with Crippen molar-refractivity contribution in [2.45, 2.75) is 51.9 Å². The predicted octanol–water partition coefficient (Wildman–Crippen LogP) is 5.76. The second kappa shape index (κ2) is 7.20. The molecule has 18 heavy (non-hydrogen) atoms. The fraction of sp³-hybridized carbons (Fsp3) is 0.444. The lowest BCUT2D eigenvalue weighted by molar-refractivity contribution is 0.742. The van der Waals surface area contributed by atoms with Gasteiger partial charge in [-0.1, -0.05) is 48.1 Å². The summed E-state index contributed by atoms with van der Waals surface area (Å²) in [5.41, 5.74) is 4.54. The van der Waals surface area contributed by atoms with E-state index in [4.69, 9.17) is 0 Å². The molecular weight excluding hydrogens is 216 g/mol. The second-order valence-corrected chi connectivity index (χ2v) is 5.28. The highest BCUT2D eigenvalue weighted by molar-refractivity contribution is 5.65. The Morgan fingerprint density at radius 3 is 2.06 bits per heavy atom. The summed E-state index contributed by atoms with van der Waals surface area (Å²) in [7, 11) is 0. The van der Waals surface area contributed by atoms with Crippen molar-refractivity contribution in [1.82, 2.24) is 0 Å². The van der Waals surface area contributed by atoms with Gasteiger partial charge in [0.2, 0.25) is 0 Å². The minimum Gasteiger partial charge on any atom is -0.0856 e. The summed E-state index contributed by atoms with van der Waals surface area (Å²) in [5.74, 6) is 0. The number of hydrogen-bond donors (Lipinski definition) is 0. The molecule has 0 aliphatic heterocycles. The van der Waals surface area contributed by atoms with Crippen LogP contribution in [0.4, 0.5) is 0 Å². The first-order chi connectivity index (χ1) is 8.86. The molecule has 0 aromatic heterocycles. The molecule has 0 atom stereocenters. The molecule has 0 bridgehead atoms. The first-order valence-corrected chi connectivity index (χ1v) is 7.26. The molecule has 1 aromatic carbocycles. The maximum atomic E-state index is 2.39. The normalized spacial score (nSPS) is 18.5. The van der Waals surface area contributed by atoms with Crippen molar-refractivity contribution in [2.24, 2.45) is 0 Å². The Kier molecular flexibility index (Phi) is 5.26. The summed E-state index contributed by atoms with van der Waals surface area (Å²) in [6, 6.07) is 10.7. The van der Waals surface area contributed by atoms with Crippen molar-refractivity contribution in [2.75, 3.05) is 0 Å². The van der Waals surface area contributed by atoms with Crippen molar-refractivity contribution >= 4 is 5.57 Å². The molecule has 0 unspecified atom stereocenters. The molecule has 0 N–H and O–H groups in total. The highest BCUT2D eigenvalue weighted by Gasteiger charge is 2.04. The zero-order valence-electron chi connectivity index (χ0n) is 11.5. The van der Waals surface area contributed by atoms with Crippen LogP contribution >= 0.6 is 0 Å². The van der Waals surface area contributed by atoms with Crippen molar-refractivity contribution in [3.05, 3.63) is 53.6 Å². The average molecular weight is 240 g/mol. The van der Waals surface area contributed by atoms with E-state index in [9.17, 15) is 0 Å². The smallest absolute Gasteiger partial charge is 0.0228 e. The van der Waals surface area contributed by atoms with Crippen LogP contribution in [0.5, 0.6) is 0 Å². The summed E-state index contributed by atoms with van der Waals surface area (Å²) >= 11 is 0. The van der Waals surface area contributed by atoms with Gasteiger partial charge < -0.3 is 0 Å². The second-order valence-electron chi connectivity index (χ2n) is 5.28. The third-order valence-corrected chi connectivity index (χ3v) is 3.70. The molecule has 0 fully saturated rings. The van der Waals surface area contributed by atoms with Gasteiger partial charge in [-0.05, 0) is 63.0 Å². The van der Waals surface area contributed by atoms with E-state index in [0.29, 0.717) is 0 Å². The van der Waals surface area contributed by atoms with Gasteiger partial charge in [0.05, 0.1) is 0 Å². The zero-order chi connectivity index (χ0) is 12.6. The summed E-state index contributed by atoms with van der Waals surface area (Å²) in [6.45, 7) is 2.20. The average Bonchev–Trinajstić information content (AvgIpc) is 2.93. The molecule has 0 nitrogen and oxygen atoms in total. The van der Waals surface area contributed by atoms with Crippen LogP contribution in [0.25, 0.3) is 5.57 Å². The Morgan fingerprint density at radius 1 is 0.778 bits per heavy atom. The lowest BCUT2D eigenvalue weighted by Gasteiger charge is -2.12. The Balaban J connectivity index is 0.000000169. The number of allylic oxidation sites excluding steroid dienone is 4. The van der Waals surface area contributed by atoms with Crippen LogP contribution in [-0.2, 0) is 0 Å². The van der Waals surface area contributed by atoms with Gasteiger partial charge in [0.15, 0.2) is 0 Å². The van der Waals surface area contributed by atoms with E-state index in [1.807, 2.05) is 0 Å². The number of hydrogen-bond acceptors (Lipinski definition) is 0. The van der Waals surface area contributed by atoms with E-state index in [1.165, 1.54) is 50.5 Å². The lowest BCUT2D eigenvalue weighted by Crippen LogP contribution is -1.90. The Bertz CT molecular complexity index is 409. The molecule has 0 amide bonds. The third kappa shape index (κ3) is 4.18. The molecule has 0 heterocycles. The predicted molar refractivity (Wildman–Crippen MR) is 80.5 cm³/mol. The first-order valence-electron chi connectivity index (χ1n) is 7.26. The molecule has 0 radical (unpaired) electrons. The quantitative estimate of drug-likeness (QED) is 0.547. The van der Waals surface area contributed by atoms with E-state index >= 15 is 0 Å². The van der Waals surface area contributed by atoms with E-state index in [1.54, 1.807) is 11.1 Å². The van der Waals surface area contributed by atoms with Crippen molar-refractivity contribution in [3.63, 3.8) is 0 Å². The van der Waals surface area contributed by atoms with Gasteiger partial charge in [-0.25, -0.2) is 0 Å². The molecule has 3 rings (SSSR count). The van der Waals surface area contributed by atoms with Crippen molar-refractivity contribution in [3.8, 4) is 0 Å². The van der Waals surface area contributed by atoms with Crippen LogP contribution in [0.1, 0.15) is 57.4 Å². The Labute approximate surface area is 111 Å². The number of benzene rings is 1. The van der Waals surface area contributed by atoms with Crippen molar-refractivity contribution in [1.29, 1.82) is 0 Å². The van der Waals surface area contributed by atoms with E-state index in [-0.39, 0.29) is 0 Å². The highest BCUT2D eigenvalue weighted by Crippen LogP contribution is 2.25. The standard InChI is InChI=1S/C12H14.C6H10/c1-3-7-11(8-4-1)12-9-5-2-6-10-12;1-6-4-2-3-5-6/h1,3-4,7-9H,2,5-6,10H2;4H,2-3,5H2,1H3. The fourth-order valence-corrected chi connectivity index (χ4v) is 2.58. The SMILES string of the molecule is C1=C(c2ccccc2)CCCC1.CC1=CCCC1. The van der Waals surface area contributed by atoms with E-state index < -0.39 is 0 Å². The van der Waals surface area contributed by atoms with Gasteiger partial charge in [0, 0.05) is 0 Å². The fourth-order valence-electron chi connectivity index (χ4n) is 2.58. The molecule has 0 saturated heterocycles. The van der Waals surface area contributed by atoms with Gasteiger partial charge in [-0.15, -0.1) is 0 Å². The molecule has 0 heteroatoms. The molecule has 0 saturated carbocycles. The summed E-state index contributed by atoms with van der Waals surface area (Å²) in [6.07, 6.45) is 14.0. The van der Waals surface area contributed by atoms with Gasteiger partial charge in [-0.2, -0.15) is 0 Å². The monoisotopic (exact) mass is 240 g/mol. The van der Waals surface area contributed by atoms with E-state index in [0.717, 1.165) is 0 Å². The van der Waals surface area contributed by atoms with Gasteiger partial charge >= 0.3 is 0 Å². The van der Waals surface area contributed by atoms with Crippen LogP contribution < -0.4 is 0 Å². The lowest BCUT2D eigenvalue weighted by atomic mass is 9.94. The summed E-state index contributed by atoms with van der Waals surface area (Å²) in [4.78, 5) is 0. The van der Waals surface area contributed by atoms with Crippen LogP contribution in [-0.4, -0.2) is 0 Å². The minimum absolute atomic E-state index is 1.27. The van der Waals surface area contributed by atoms with Crippen LogP contribution in [0.2, 0.25) is 0 Å². The van der Waals surface area contributed by atoms with Crippen LogP contribution in [0, 0.1) is 0 Å². The third-order valence-electron chi connectivity index (χ3n) is 3.70. The van der Waals surface area contributed by atoms with Crippen LogP contribution in [0.15, 0.2) is 48.1 Å². The van der Waals surface area contributed by atoms with Gasteiger partial charge in [0.1, 0.15) is 0 Å². The molecule has 1 aromatic rings. The summed E-state index contributed by atoms with van der Waals surface area (Å²) < 4.78 is 0. The molecule has 2 aliphatic rings. The van der Waals surface area contributed by atoms with Gasteiger partial charge in [0.25, 0.3) is 0 Å². The topological polar surface area (TPSA) is 0 Å². The molecule has 96 valence electrons.